The van der Waals surface area contributed by atoms with Crippen LogP contribution in [0, 0.1) is 6.92 Å². The number of thiophene rings is 1. The largest absolute Gasteiger partial charge is 0.367 e. The van der Waals surface area contributed by atoms with Gasteiger partial charge in [-0.15, -0.1) is 11.3 Å². The molecule has 8 nitrogen and oxygen atoms in total. The van der Waals surface area contributed by atoms with Crippen LogP contribution in [-0.4, -0.2) is 50.5 Å². The fraction of sp³-hybridized carbons (Fsp3) is 0.444. The summed E-state index contributed by atoms with van der Waals surface area (Å²) >= 11 is 1.73. The Morgan fingerprint density at radius 1 is 1.21 bits per heavy atom. The van der Waals surface area contributed by atoms with Gasteiger partial charge in [0.05, 0.1) is 0 Å². The number of hydrogen-bond donors (Lipinski definition) is 0. The second-order valence-corrected chi connectivity index (χ2v) is 8.18. The van der Waals surface area contributed by atoms with Gasteiger partial charge in [-0.05, 0) is 19.1 Å². The molecule has 0 N–H and O–H groups in total. The number of aryl methyl sites for hydroxylation is 1. The molecule has 0 bridgehead atoms. The number of aromatic nitrogens is 5. The summed E-state index contributed by atoms with van der Waals surface area (Å²) in [7, 11) is 0. The smallest absolute Gasteiger partial charge is 0.353 e. The van der Waals surface area contributed by atoms with E-state index in [1.807, 2.05) is 4.90 Å². The first kappa shape index (κ1) is 19.5. The van der Waals surface area contributed by atoms with Gasteiger partial charge in [0.2, 0.25) is 5.95 Å². The van der Waals surface area contributed by atoms with Crippen molar-refractivity contribution in [2.45, 2.75) is 26.4 Å². The SMILES string of the molecule is Cc1cc(N2CCN(c3ncn(Cn4ccc(C(C)(F)F)n4)c(=O)n3)CC2)cs1. The van der Waals surface area contributed by atoms with E-state index in [9.17, 15) is 13.6 Å². The summed E-state index contributed by atoms with van der Waals surface area (Å²) in [5.41, 5.74) is 0.382. The highest BCUT2D eigenvalue weighted by Crippen LogP contribution is 2.25. The van der Waals surface area contributed by atoms with Crippen LogP contribution in [0.25, 0.3) is 0 Å². The lowest BCUT2D eigenvalue weighted by atomic mass is 10.3. The molecule has 3 aromatic heterocycles. The minimum absolute atomic E-state index is 0.0273. The van der Waals surface area contributed by atoms with Crippen molar-refractivity contribution in [3.63, 3.8) is 0 Å². The first-order valence-corrected chi connectivity index (χ1v) is 10.1. The molecule has 1 aliphatic rings. The second-order valence-electron chi connectivity index (χ2n) is 7.07. The van der Waals surface area contributed by atoms with Crippen LogP contribution in [0.3, 0.4) is 0 Å². The molecule has 0 unspecified atom stereocenters. The highest BCUT2D eigenvalue weighted by atomic mass is 32.1. The molecule has 1 saturated heterocycles. The molecule has 0 amide bonds. The minimum Gasteiger partial charge on any atom is -0.367 e. The van der Waals surface area contributed by atoms with E-state index in [1.165, 1.54) is 38.4 Å². The maximum atomic E-state index is 13.3. The molecule has 0 radical (unpaired) electrons. The maximum absolute atomic E-state index is 13.3. The molecule has 0 atom stereocenters. The van der Waals surface area contributed by atoms with Crippen LogP contribution in [0.15, 0.2) is 34.8 Å². The highest BCUT2D eigenvalue weighted by molar-refractivity contribution is 7.10. The predicted octanol–water partition coefficient (Wildman–Crippen LogP) is 2.15. The van der Waals surface area contributed by atoms with Gasteiger partial charge in [-0.3, -0.25) is 9.25 Å². The molecule has 3 aromatic rings. The molecule has 0 aliphatic carbocycles. The fourth-order valence-corrected chi connectivity index (χ4v) is 3.90. The molecule has 154 valence electrons. The van der Waals surface area contributed by atoms with E-state index in [0.29, 0.717) is 19.0 Å². The first-order chi connectivity index (χ1) is 13.8. The monoisotopic (exact) mass is 421 g/mol. The first-order valence-electron chi connectivity index (χ1n) is 9.20. The van der Waals surface area contributed by atoms with Crippen molar-refractivity contribution in [3.8, 4) is 0 Å². The zero-order valence-corrected chi connectivity index (χ0v) is 16.9. The molecule has 4 rings (SSSR count). The summed E-state index contributed by atoms with van der Waals surface area (Å²) in [6.45, 7) is 5.92. The average Bonchev–Trinajstić information content (AvgIpc) is 3.32. The lowest BCUT2D eigenvalue weighted by Crippen LogP contribution is -2.47. The number of halogens is 2. The van der Waals surface area contributed by atoms with Gasteiger partial charge in [0.15, 0.2) is 0 Å². The Bertz CT molecular complexity index is 1050. The number of hydrogen-bond acceptors (Lipinski definition) is 7. The van der Waals surface area contributed by atoms with Crippen molar-refractivity contribution < 1.29 is 8.78 Å². The second kappa shape index (κ2) is 7.54. The molecule has 4 heterocycles. The minimum atomic E-state index is -3.03. The van der Waals surface area contributed by atoms with Crippen LogP contribution in [0.1, 0.15) is 17.5 Å². The third kappa shape index (κ3) is 4.29. The molecular weight excluding hydrogens is 400 g/mol. The number of rotatable bonds is 5. The van der Waals surface area contributed by atoms with Gasteiger partial charge in [0.25, 0.3) is 5.92 Å². The Hall–Kier alpha value is -2.82. The van der Waals surface area contributed by atoms with Crippen LogP contribution in [-0.2, 0) is 12.6 Å². The zero-order valence-electron chi connectivity index (χ0n) is 16.1. The number of alkyl halides is 2. The summed E-state index contributed by atoms with van der Waals surface area (Å²) in [5, 5.41) is 5.96. The molecule has 11 heteroatoms. The third-order valence-electron chi connectivity index (χ3n) is 4.79. The van der Waals surface area contributed by atoms with E-state index in [4.69, 9.17) is 0 Å². The van der Waals surface area contributed by atoms with Gasteiger partial charge in [-0.1, -0.05) is 0 Å². The normalized spacial score (nSPS) is 15.2. The van der Waals surface area contributed by atoms with E-state index in [1.54, 1.807) is 11.3 Å². The van der Waals surface area contributed by atoms with Crippen LogP contribution in [0.2, 0.25) is 0 Å². The summed E-state index contributed by atoms with van der Waals surface area (Å²) in [6, 6.07) is 3.40. The van der Waals surface area contributed by atoms with Crippen molar-refractivity contribution in [3.05, 3.63) is 51.1 Å². The molecule has 29 heavy (non-hydrogen) atoms. The van der Waals surface area contributed by atoms with Crippen molar-refractivity contribution in [2.24, 2.45) is 0 Å². The Morgan fingerprint density at radius 2 is 1.93 bits per heavy atom. The van der Waals surface area contributed by atoms with E-state index in [0.717, 1.165) is 20.0 Å². The standard InChI is InChI=1S/C18H21F2N7OS/c1-13-9-14(10-29-13)24-5-7-25(8-6-24)16-21-11-26(17(28)22-16)12-27-4-3-15(23-27)18(2,19)20/h3-4,9-11H,5-8,12H2,1-2H3. The zero-order chi connectivity index (χ0) is 20.6. The Labute approximate surface area is 170 Å². The van der Waals surface area contributed by atoms with Crippen molar-refractivity contribution in [1.29, 1.82) is 0 Å². The predicted molar refractivity (Wildman–Crippen MR) is 107 cm³/mol. The van der Waals surface area contributed by atoms with E-state index in [-0.39, 0.29) is 12.4 Å². The van der Waals surface area contributed by atoms with Crippen LogP contribution < -0.4 is 15.5 Å². The Balaban J connectivity index is 1.41. The molecule has 0 saturated carbocycles. The van der Waals surface area contributed by atoms with Gasteiger partial charge in [0, 0.05) is 55.2 Å². The fourth-order valence-electron chi connectivity index (χ4n) is 3.19. The van der Waals surface area contributed by atoms with Crippen LogP contribution >= 0.6 is 11.3 Å². The van der Waals surface area contributed by atoms with Gasteiger partial charge in [-0.25, -0.2) is 9.78 Å². The van der Waals surface area contributed by atoms with E-state index < -0.39 is 11.6 Å². The molecule has 0 spiro atoms. The summed E-state index contributed by atoms with van der Waals surface area (Å²) in [5.74, 6) is -2.64. The quantitative estimate of drug-likeness (QED) is 0.629. The van der Waals surface area contributed by atoms with Gasteiger partial charge in [-0.2, -0.15) is 18.9 Å². The molecule has 0 aromatic carbocycles. The summed E-state index contributed by atoms with van der Waals surface area (Å²) in [4.78, 5) is 26.3. The average molecular weight is 421 g/mol. The van der Waals surface area contributed by atoms with Crippen molar-refractivity contribution >= 4 is 23.0 Å². The summed E-state index contributed by atoms with van der Waals surface area (Å²) in [6.07, 6.45) is 2.78. The molecule has 1 aliphatic heterocycles. The topological polar surface area (TPSA) is 72.1 Å². The molecule has 1 fully saturated rings. The van der Waals surface area contributed by atoms with Crippen LogP contribution in [0.4, 0.5) is 20.4 Å². The lowest BCUT2D eigenvalue weighted by Gasteiger charge is -2.35. The van der Waals surface area contributed by atoms with Crippen LogP contribution in [0.5, 0.6) is 0 Å². The lowest BCUT2D eigenvalue weighted by molar-refractivity contribution is 0.0120. The van der Waals surface area contributed by atoms with Gasteiger partial charge < -0.3 is 9.80 Å². The molecular formula is C18H21F2N7OS. The van der Waals surface area contributed by atoms with Crippen molar-refractivity contribution in [1.82, 2.24) is 24.3 Å². The van der Waals surface area contributed by atoms with Gasteiger partial charge >= 0.3 is 5.69 Å². The Kier molecular flexibility index (Phi) is 5.07. The van der Waals surface area contributed by atoms with E-state index >= 15 is 0 Å². The number of nitrogens with zero attached hydrogens (tertiary/aromatic N) is 7. The number of anilines is 2. The van der Waals surface area contributed by atoms with E-state index in [2.05, 4.69) is 38.3 Å². The Morgan fingerprint density at radius 3 is 2.52 bits per heavy atom. The third-order valence-corrected chi connectivity index (χ3v) is 5.63. The number of piperazine rings is 1. The maximum Gasteiger partial charge on any atom is 0.353 e. The van der Waals surface area contributed by atoms with Gasteiger partial charge in [0.1, 0.15) is 18.7 Å². The highest BCUT2D eigenvalue weighted by Gasteiger charge is 2.27. The van der Waals surface area contributed by atoms with Crippen molar-refractivity contribution in [2.75, 3.05) is 36.0 Å². The summed E-state index contributed by atoms with van der Waals surface area (Å²) < 4.78 is 29.1.